The zero-order valence-electron chi connectivity index (χ0n) is 14.1. The van der Waals surface area contributed by atoms with Crippen LogP contribution in [-0.2, 0) is 0 Å². The van der Waals surface area contributed by atoms with Crippen molar-refractivity contribution in [1.29, 1.82) is 0 Å². The molecule has 1 aromatic carbocycles. The zero-order valence-corrected chi connectivity index (χ0v) is 14.9. The quantitative estimate of drug-likeness (QED) is 0.901. The number of thiazole rings is 1. The molecule has 0 aliphatic rings. The lowest BCUT2D eigenvalue weighted by atomic mass is 10.1. The first-order valence-electron chi connectivity index (χ1n) is 7.47. The van der Waals surface area contributed by atoms with Crippen LogP contribution in [0.5, 0.6) is 11.5 Å². The third-order valence-corrected chi connectivity index (χ3v) is 4.49. The van der Waals surface area contributed by atoms with Crippen LogP contribution in [0.2, 0.25) is 0 Å². The summed E-state index contributed by atoms with van der Waals surface area (Å²) in [5.74, 6) is 0.0947. The fourth-order valence-electron chi connectivity index (χ4n) is 2.35. The molecule has 0 unspecified atom stereocenters. The molecule has 0 aliphatic carbocycles. The fourth-order valence-corrected chi connectivity index (χ4v) is 3.15. The molecule has 2 aromatic rings. The molecule has 124 valence electrons. The highest BCUT2D eigenvalue weighted by molar-refractivity contribution is 7.13. The molecule has 23 heavy (non-hydrogen) atoms. The number of ether oxygens (including phenoxy) is 1. The highest BCUT2D eigenvalue weighted by Crippen LogP contribution is 2.35. The molecule has 0 aliphatic heterocycles. The van der Waals surface area contributed by atoms with Crippen LogP contribution >= 0.6 is 11.3 Å². The number of aromatic nitrogens is 1. The number of rotatable bonds is 3. The highest BCUT2D eigenvalue weighted by atomic mass is 32.1. The summed E-state index contributed by atoms with van der Waals surface area (Å²) in [5, 5.41) is 10.2. The molecule has 1 aromatic heterocycles. The van der Waals surface area contributed by atoms with Crippen molar-refractivity contribution in [3.8, 4) is 21.9 Å². The van der Waals surface area contributed by atoms with Crippen molar-refractivity contribution in [3.05, 3.63) is 29.4 Å². The Morgan fingerprint density at radius 1 is 1.39 bits per heavy atom. The molecule has 0 spiro atoms. The van der Waals surface area contributed by atoms with Crippen molar-refractivity contribution >= 4 is 17.4 Å². The maximum absolute atomic E-state index is 12.3. The summed E-state index contributed by atoms with van der Waals surface area (Å²) in [6.07, 6.45) is -0.475. The third-order valence-electron chi connectivity index (χ3n) is 3.51. The van der Waals surface area contributed by atoms with Crippen LogP contribution in [0.15, 0.2) is 23.7 Å². The molecular weight excluding hydrogens is 312 g/mol. The first-order valence-corrected chi connectivity index (χ1v) is 8.35. The molecule has 1 heterocycles. The van der Waals surface area contributed by atoms with Gasteiger partial charge in [-0.3, -0.25) is 0 Å². The van der Waals surface area contributed by atoms with E-state index in [1.165, 1.54) is 11.3 Å². The van der Waals surface area contributed by atoms with Crippen molar-refractivity contribution < 1.29 is 14.6 Å². The van der Waals surface area contributed by atoms with Crippen molar-refractivity contribution in [3.63, 3.8) is 0 Å². The average Bonchev–Trinajstić information content (AvgIpc) is 2.86. The monoisotopic (exact) mass is 334 g/mol. The summed E-state index contributed by atoms with van der Waals surface area (Å²) < 4.78 is 5.35. The van der Waals surface area contributed by atoms with Crippen molar-refractivity contribution in [1.82, 2.24) is 9.88 Å². The predicted molar refractivity (Wildman–Crippen MR) is 92.1 cm³/mol. The number of hydrogen-bond donors (Lipinski definition) is 1. The van der Waals surface area contributed by atoms with E-state index in [-0.39, 0.29) is 17.0 Å². The minimum absolute atomic E-state index is 0.0615. The number of carbonyl (C=O) groups excluding carboxylic acids is 1. The van der Waals surface area contributed by atoms with Crippen LogP contribution in [0.25, 0.3) is 10.4 Å². The van der Waals surface area contributed by atoms with Crippen LogP contribution in [0.1, 0.15) is 33.4 Å². The molecule has 0 bridgehead atoms. The second-order valence-electron chi connectivity index (χ2n) is 6.23. The topological polar surface area (TPSA) is 62.7 Å². The lowest BCUT2D eigenvalue weighted by Gasteiger charge is -2.33. The molecule has 0 radical (unpaired) electrons. The van der Waals surface area contributed by atoms with Gasteiger partial charge in [-0.2, -0.15) is 0 Å². The standard InChI is InChI=1S/C17H22N2O3S/c1-6-19(17(3,4)5)16(21)22-14-8-7-12(9-13(14)20)15-11(2)18-10-23-15/h7-10,20H,6H2,1-5H3. The van der Waals surface area contributed by atoms with Gasteiger partial charge in [0.2, 0.25) is 0 Å². The molecule has 6 heteroatoms. The van der Waals surface area contributed by atoms with E-state index in [1.807, 2.05) is 40.7 Å². The minimum Gasteiger partial charge on any atom is -0.504 e. The predicted octanol–water partition coefficient (Wildman–Crippen LogP) is 4.44. The summed E-state index contributed by atoms with van der Waals surface area (Å²) in [6, 6.07) is 5.02. The summed E-state index contributed by atoms with van der Waals surface area (Å²) in [7, 11) is 0. The molecule has 0 fully saturated rings. The van der Waals surface area contributed by atoms with Gasteiger partial charge in [-0.15, -0.1) is 11.3 Å². The first-order chi connectivity index (χ1) is 10.7. The Balaban J connectivity index is 2.22. The number of phenolic OH excluding ortho intramolecular Hbond substituents is 1. The Morgan fingerprint density at radius 2 is 2.09 bits per heavy atom. The molecule has 0 saturated carbocycles. The van der Waals surface area contributed by atoms with Gasteiger partial charge in [-0.05, 0) is 58.4 Å². The van der Waals surface area contributed by atoms with Gasteiger partial charge < -0.3 is 14.7 Å². The van der Waals surface area contributed by atoms with Crippen LogP contribution in [0.4, 0.5) is 4.79 Å². The number of aryl methyl sites for hydroxylation is 1. The Morgan fingerprint density at radius 3 is 2.57 bits per heavy atom. The summed E-state index contributed by atoms with van der Waals surface area (Å²) in [4.78, 5) is 19.1. The number of hydrogen-bond acceptors (Lipinski definition) is 5. The molecule has 1 amide bonds. The Kier molecular flexibility index (Phi) is 4.94. The largest absolute Gasteiger partial charge is 0.504 e. The van der Waals surface area contributed by atoms with E-state index in [2.05, 4.69) is 4.98 Å². The molecule has 5 nitrogen and oxygen atoms in total. The van der Waals surface area contributed by atoms with E-state index < -0.39 is 6.09 Å². The Hall–Kier alpha value is -2.08. The molecule has 0 atom stereocenters. The molecule has 2 rings (SSSR count). The number of nitrogens with zero attached hydrogens (tertiary/aromatic N) is 2. The van der Waals surface area contributed by atoms with Crippen LogP contribution < -0.4 is 4.74 Å². The van der Waals surface area contributed by atoms with Gasteiger partial charge >= 0.3 is 6.09 Å². The number of aromatic hydroxyl groups is 1. The van der Waals surface area contributed by atoms with Crippen LogP contribution in [0.3, 0.4) is 0 Å². The lowest BCUT2D eigenvalue weighted by Crippen LogP contribution is -2.46. The van der Waals surface area contributed by atoms with E-state index in [0.29, 0.717) is 6.54 Å². The SMILES string of the molecule is CCN(C(=O)Oc1ccc(-c2scnc2C)cc1O)C(C)(C)C. The highest BCUT2D eigenvalue weighted by Gasteiger charge is 2.27. The fraction of sp³-hybridized carbons (Fsp3) is 0.412. The second kappa shape index (κ2) is 6.58. The van der Waals surface area contributed by atoms with Crippen molar-refractivity contribution in [2.75, 3.05) is 6.54 Å². The Labute approximate surface area is 140 Å². The van der Waals surface area contributed by atoms with E-state index in [1.54, 1.807) is 22.5 Å². The lowest BCUT2D eigenvalue weighted by molar-refractivity contribution is 0.109. The van der Waals surface area contributed by atoms with E-state index in [4.69, 9.17) is 4.74 Å². The van der Waals surface area contributed by atoms with Crippen molar-refractivity contribution in [2.45, 2.75) is 40.2 Å². The van der Waals surface area contributed by atoms with E-state index in [9.17, 15) is 9.90 Å². The van der Waals surface area contributed by atoms with Crippen LogP contribution in [-0.4, -0.2) is 33.2 Å². The summed E-state index contributed by atoms with van der Waals surface area (Å²) >= 11 is 1.50. The maximum Gasteiger partial charge on any atom is 0.415 e. The van der Waals surface area contributed by atoms with Gasteiger partial charge in [-0.25, -0.2) is 9.78 Å². The third kappa shape index (κ3) is 3.82. The van der Waals surface area contributed by atoms with Gasteiger partial charge in [0.05, 0.1) is 16.1 Å². The number of benzene rings is 1. The molecule has 1 N–H and O–H groups in total. The number of phenols is 1. The van der Waals surface area contributed by atoms with Crippen LogP contribution in [0, 0.1) is 6.92 Å². The first kappa shape index (κ1) is 17.3. The van der Waals surface area contributed by atoms with Crippen molar-refractivity contribution in [2.24, 2.45) is 0 Å². The zero-order chi connectivity index (χ0) is 17.2. The van der Waals surface area contributed by atoms with Gasteiger partial charge in [0.15, 0.2) is 11.5 Å². The van der Waals surface area contributed by atoms with E-state index in [0.717, 1.165) is 16.1 Å². The minimum atomic E-state index is -0.475. The smallest absolute Gasteiger partial charge is 0.415 e. The summed E-state index contributed by atoms with van der Waals surface area (Å²) in [5.41, 5.74) is 3.17. The van der Waals surface area contributed by atoms with Gasteiger partial charge in [0.1, 0.15) is 0 Å². The Bertz CT molecular complexity index is 704. The maximum atomic E-state index is 12.3. The molecular formula is C17H22N2O3S. The second-order valence-corrected chi connectivity index (χ2v) is 7.09. The van der Waals surface area contributed by atoms with Gasteiger partial charge in [0.25, 0.3) is 0 Å². The summed E-state index contributed by atoms with van der Waals surface area (Å²) in [6.45, 7) is 10.1. The number of amides is 1. The van der Waals surface area contributed by atoms with Gasteiger partial charge in [0, 0.05) is 12.1 Å². The van der Waals surface area contributed by atoms with Gasteiger partial charge in [-0.1, -0.05) is 0 Å². The van der Waals surface area contributed by atoms with E-state index >= 15 is 0 Å². The number of carbonyl (C=O) groups is 1. The molecule has 0 saturated heterocycles. The average molecular weight is 334 g/mol. The normalized spacial score (nSPS) is 11.3.